The van der Waals surface area contributed by atoms with Crippen LogP contribution in [0, 0.1) is 17.1 Å². The van der Waals surface area contributed by atoms with Crippen LogP contribution in [0.15, 0.2) is 30.3 Å². The number of hydrogen-bond donors (Lipinski definition) is 1. The van der Waals surface area contributed by atoms with Crippen LogP contribution >= 0.6 is 0 Å². The molecular formula is C11H7FN2. The van der Waals surface area contributed by atoms with Gasteiger partial charge in [0, 0.05) is 16.5 Å². The lowest BCUT2D eigenvalue weighted by Gasteiger charge is -2.03. The number of nitrogens with zero attached hydrogens (tertiary/aromatic N) is 1. The average molecular weight is 186 g/mol. The molecule has 0 unspecified atom stereocenters. The lowest BCUT2D eigenvalue weighted by atomic mass is 10.0. The van der Waals surface area contributed by atoms with Gasteiger partial charge in [-0.1, -0.05) is 6.07 Å². The maximum absolute atomic E-state index is 12.9. The molecule has 3 heteroatoms. The number of nitrogens with two attached hydrogens (primary N) is 1. The van der Waals surface area contributed by atoms with Crippen molar-refractivity contribution in [3.05, 3.63) is 41.7 Å². The molecule has 0 saturated heterocycles. The van der Waals surface area contributed by atoms with Gasteiger partial charge in [-0.25, -0.2) is 4.39 Å². The predicted octanol–water partition coefficient (Wildman–Crippen LogP) is 2.43. The van der Waals surface area contributed by atoms with Crippen LogP contribution in [0.2, 0.25) is 0 Å². The number of anilines is 1. The standard InChI is InChI=1S/C11H7FN2/c12-8-2-3-9-7(6-13)1-4-11(14)10(9)5-8/h1-5H,14H2. The van der Waals surface area contributed by atoms with Crippen LogP contribution in [-0.2, 0) is 0 Å². The van der Waals surface area contributed by atoms with Crippen molar-refractivity contribution in [1.82, 2.24) is 0 Å². The molecule has 2 N–H and O–H groups in total. The van der Waals surface area contributed by atoms with Crippen LogP contribution in [0.5, 0.6) is 0 Å². The minimum absolute atomic E-state index is 0.348. The zero-order chi connectivity index (χ0) is 10.1. The molecule has 68 valence electrons. The van der Waals surface area contributed by atoms with E-state index in [4.69, 9.17) is 11.0 Å². The fourth-order valence-corrected chi connectivity index (χ4v) is 1.44. The third kappa shape index (κ3) is 1.17. The van der Waals surface area contributed by atoms with Gasteiger partial charge in [0.15, 0.2) is 0 Å². The van der Waals surface area contributed by atoms with Crippen molar-refractivity contribution >= 4 is 16.5 Å². The first-order valence-electron chi connectivity index (χ1n) is 4.10. The molecule has 0 aliphatic carbocycles. The highest BCUT2D eigenvalue weighted by atomic mass is 19.1. The topological polar surface area (TPSA) is 49.8 Å². The van der Waals surface area contributed by atoms with Gasteiger partial charge in [0.05, 0.1) is 11.6 Å². The van der Waals surface area contributed by atoms with Gasteiger partial charge in [0.25, 0.3) is 0 Å². The van der Waals surface area contributed by atoms with Gasteiger partial charge in [-0.05, 0) is 24.3 Å². The molecule has 0 saturated carbocycles. The maximum Gasteiger partial charge on any atom is 0.123 e. The fourth-order valence-electron chi connectivity index (χ4n) is 1.44. The van der Waals surface area contributed by atoms with E-state index in [9.17, 15) is 4.39 Å². The highest BCUT2D eigenvalue weighted by Crippen LogP contribution is 2.24. The summed E-state index contributed by atoms with van der Waals surface area (Å²) in [5.41, 5.74) is 6.67. The Balaban J connectivity index is 2.93. The Bertz CT molecular complexity index is 541. The molecule has 2 rings (SSSR count). The molecule has 0 atom stereocenters. The van der Waals surface area contributed by atoms with Gasteiger partial charge >= 0.3 is 0 Å². The van der Waals surface area contributed by atoms with Crippen LogP contribution in [0.4, 0.5) is 10.1 Å². The second-order valence-corrected chi connectivity index (χ2v) is 3.00. The molecule has 0 radical (unpaired) electrons. The normalized spacial score (nSPS) is 10.0. The van der Waals surface area contributed by atoms with Crippen molar-refractivity contribution in [3.8, 4) is 6.07 Å². The predicted molar refractivity (Wildman–Crippen MR) is 53.0 cm³/mol. The van der Waals surface area contributed by atoms with Crippen molar-refractivity contribution in [2.24, 2.45) is 0 Å². The molecule has 2 aromatic rings. The molecule has 2 nitrogen and oxygen atoms in total. The number of benzene rings is 2. The van der Waals surface area contributed by atoms with E-state index in [1.165, 1.54) is 12.1 Å². The van der Waals surface area contributed by atoms with Crippen molar-refractivity contribution in [2.45, 2.75) is 0 Å². The summed E-state index contributed by atoms with van der Waals surface area (Å²) in [4.78, 5) is 0. The number of rotatable bonds is 0. The number of halogens is 1. The summed E-state index contributed by atoms with van der Waals surface area (Å²) in [7, 11) is 0. The molecule has 0 aromatic heterocycles. The van der Waals surface area contributed by atoms with Gasteiger partial charge in [-0.15, -0.1) is 0 Å². The molecular weight excluding hydrogens is 179 g/mol. The number of nitrogen functional groups attached to an aromatic ring is 1. The molecule has 14 heavy (non-hydrogen) atoms. The molecule has 0 fully saturated rings. The monoisotopic (exact) mass is 186 g/mol. The fraction of sp³-hybridized carbons (Fsp3) is 0. The number of hydrogen-bond acceptors (Lipinski definition) is 2. The van der Waals surface area contributed by atoms with Crippen molar-refractivity contribution in [3.63, 3.8) is 0 Å². The SMILES string of the molecule is N#Cc1ccc(N)c2cc(F)ccc12. The first kappa shape index (κ1) is 8.52. The van der Waals surface area contributed by atoms with Crippen molar-refractivity contribution < 1.29 is 4.39 Å². The van der Waals surface area contributed by atoms with E-state index in [0.29, 0.717) is 22.0 Å². The highest BCUT2D eigenvalue weighted by molar-refractivity contribution is 5.96. The molecule has 2 aromatic carbocycles. The summed E-state index contributed by atoms with van der Waals surface area (Å²) in [5.74, 6) is -0.348. The Morgan fingerprint density at radius 2 is 1.93 bits per heavy atom. The van der Waals surface area contributed by atoms with Gasteiger partial charge in [-0.2, -0.15) is 5.26 Å². The zero-order valence-electron chi connectivity index (χ0n) is 7.29. The third-order valence-electron chi connectivity index (χ3n) is 2.13. The second kappa shape index (κ2) is 3.00. The molecule has 0 amide bonds. The highest BCUT2D eigenvalue weighted by Gasteiger charge is 2.04. The lowest BCUT2D eigenvalue weighted by Crippen LogP contribution is -1.89. The van der Waals surface area contributed by atoms with Gasteiger partial charge in [0.2, 0.25) is 0 Å². The largest absolute Gasteiger partial charge is 0.398 e. The Morgan fingerprint density at radius 1 is 1.14 bits per heavy atom. The van der Waals surface area contributed by atoms with Gasteiger partial charge < -0.3 is 5.73 Å². The Hall–Kier alpha value is -2.08. The van der Waals surface area contributed by atoms with E-state index in [1.807, 2.05) is 6.07 Å². The lowest BCUT2D eigenvalue weighted by molar-refractivity contribution is 0.630. The van der Waals surface area contributed by atoms with Gasteiger partial charge in [-0.3, -0.25) is 0 Å². The summed E-state index contributed by atoms with van der Waals surface area (Å²) in [6.45, 7) is 0. The van der Waals surface area contributed by atoms with Crippen LogP contribution in [0.25, 0.3) is 10.8 Å². The Labute approximate surface area is 80.4 Å². The average Bonchev–Trinajstić information content (AvgIpc) is 2.19. The summed E-state index contributed by atoms with van der Waals surface area (Å²) in [6.07, 6.45) is 0. The second-order valence-electron chi connectivity index (χ2n) is 3.00. The summed E-state index contributed by atoms with van der Waals surface area (Å²) >= 11 is 0. The molecule has 0 aliphatic rings. The quantitative estimate of drug-likeness (QED) is 0.642. The Kier molecular flexibility index (Phi) is 1.83. The van der Waals surface area contributed by atoms with Crippen molar-refractivity contribution in [2.75, 3.05) is 5.73 Å². The van der Waals surface area contributed by atoms with Crippen LogP contribution in [0.3, 0.4) is 0 Å². The summed E-state index contributed by atoms with van der Waals surface area (Å²) < 4.78 is 12.9. The Morgan fingerprint density at radius 3 is 2.64 bits per heavy atom. The smallest absolute Gasteiger partial charge is 0.123 e. The van der Waals surface area contributed by atoms with E-state index >= 15 is 0 Å². The summed E-state index contributed by atoms with van der Waals surface area (Å²) in [6, 6.07) is 9.51. The van der Waals surface area contributed by atoms with Crippen LogP contribution in [-0.4, -0.2) is 0 Å². The van der Waals surface area contributed by atoms with Crippen LogP contribution < -0.4 is 5.73 Å². The minimum Gasteiger partial charge on any atom is -0.398 e. The number of fused-ring (bicyclic) bond motifs is 1. The zero-order valence-corrected chi connectivity index (χ0v) is 7.29. The molecule has 0 aliphatic heterocycles. The maximum atomic E-state index is 12.9. The first-order chi connectivity index (χ1) is 6.72. The van der Waals surface area contributed by atoms with E-state index < -0.39 is 0 Å². The molecule has 0 spiro atoms. The molecule has 0 bridgehead atoms. The van der Waals surface area contributed by atoms with E-state index in [-0.39, 0.29) is 5.82 Å². The third-order valence-corrected chi connectivity index (χ3v) is 2.13. The minimum atomic E-state index is -0.348. The van der Waals surface area contributed by atoms with Gasteiger partial charge in [0.1, 0.15) is 5.82 Å². The molecule has 0 heterocycles. The van der Waals surface area contributed by atoms with Crippen LogP contribution in [0.1, 0.15) is 5.56 Å². The summed E-state index contributed by atoms with van der Waals surface area (Å²) in [5, 5.41) is 10.1. The number of nitriles is 1. The van der Waals surface area contributed by atoms with E-state index in [1.54, 1.807) is 18.2 Å². The van der Waals surface area contributed by atoms with E-state index in [0.717, 1.165) is 0 Å². The van der Waals surface area contributed by atoms with Crippen molar-refractivity contribution in [1.29, 1.82) is 5.26 Å². The first-order valence-corrected chi connectivity index (χ1v) is 4.10. The van der Waals surface area contributed by atoms with E-state index in [2.05, 4.69) is 0 Å².